The van der Waals surface area contributed by atoms with E-state index in [9.17, 15) is 17.6 Å². The molecule has 2 aromatic carbocycles. The standard InChI is InChI=1S/C24H27ClFN3O3S/c1-16-11-18(23(12-22(16)25)27-33(2,31)32)5-10-24(30)29-20-8-9-21(29)15-28(14-20)13-17-3-6-19(26)7-4-17/h3-7,10-12,20-21,27H,8-9,13-15H2,1-2H3. The van der Waals surface area contributed by atoms with E-state index >= 15 is 0 Å². The Morgan fingerprint density at radius 3 is 2.42 bits per heavy atom. The number of sulfonamides is 1. The monoisotopic (exact) mass is 491 g/mol. The van der Waals surface area contributed by atoms with Crippen LogP contribution in [0.25, 0.3) is 6.08 Å². The quantitative estimate of drug-likeness (QED) is 0.619. The third kappa shape index (κ3) is 5.75. The Morgan fingerprint density at radius 1 is 1.18 bits per heavy atom. The number of amides is 1. The number of hydrogen-bond donors (Lipinski definition) is 1. The van der Waals surface area contributed by atoms with Crippen molar-refractivity contribution in [3.8, 4) is 0 Å². The van der Waals surface area contributed by atoms with Crippen LogP contribution in [0, 0.1) is 12.7 Å². The van der Waals surface area contributed by atoms with Gasteiger partial charge >= 0.3 is 0 Å². The number of carbonyl (C=O) groups is 1. The second-order valence-corrected chi connectivity index (χ2v) is 11.0. The van der Waals surface area contributed by atoms with E-state index in [0.29, 0.717) is 16.3 Å². The summed E-state index contributed by atoms with van der Waals surface area (Å²) in [4.78, 5) is 17.4. The highest BCUT2D eigenvalue weighted by atomic mass is 35.5. The van der Waals surface area contributed by atoms with Crippen LogP contribution in [0.3, 0.4) is 0 Å². The van der Waals surface area contributed by atoms with E-state index in [1.54, 1.807) is 30.3 Å². The summed E-state index contributed by atoms with van der Waals surface area (Å²) >= 11 is 6.17. The van der Waals surface area contributed by atoms with Gasteiger partial charge in [-0.2, -0.15) is 0 Å². The molecule has 176 valence electrons. The van der Waals surface area contributed by atoms with Crippen LogP contribution < -0.4 is 4.72 Å². The molecule has 6 nitrogen and oxygen atoms in total. The van der Waals surface area contributed by atoms with Crippen molar-refractivity contribution in [2.24, 2.45) is 0 Å². The van der Waals surface area contributed by atoms with Gasteiger partial charge in [-0.15, -0.1) is 0 Å². The van der Waals surface area contributed by atoms with Gasteiger partial charge in [-0.25, -0.2) is 12.8 Å². The van der Waals surface area contributed by atoms with Crippen LogP contribution in [0.5, 0.6) is 0 Å². The average Bonchev–Trinajstić information content (AvgIpc) is 3.00. The maximum atomic E-state index is 13.2. The first-order valence-corrected chi connectivity index (χ1v) is 13.1. The smallest absolute Gasteiger partial charge is 0.247 e. The predicted octanol–water partition coefficient (Wildman–Crippen LogP) is 4.05. The lowest BCUT2D eigenvalue weighted by Gasteiger charge is -2.40. The molecule has 2 heterocycles. The van der Waals surface area contributed by atoms with Crippen molar-refractivity contribution in [1.82, 2.24) is 9.80 Å². The number of hydrogen-bond acceptors (Lipinski definition) is 4. The molecule has 2 aromatic rings. The number of carbonyl (C=O) groups excluding carboxylic acids is 1. The molecule has 0 aromatic heterocycles. The van der Waals surface area contributed by atoms with Gasteiger partial charge in [-0.3, -0.25) is 14.4 Å². The average molecular weight is 492 g/mol. The maximum Gasteiger partial charge on any atom is 0.247 e. The summed E-state index contributed by atoms with van der Waals surface area (Å²) in [6.45, 7) is 4.10. The van der Waals surface area contributed by atoms with Gasteiger partial charge in [0.25, 0.3) is 0 Å². The second kappa shape index (κ2) is 9.44. The number of nitrogens with one attached hydrogen (secondary N) is 1. The van der Waals surface area contributed by atoms with E-state index in [-0.39, 0.29) is 23.8 Å². The molecule has 4 rings (SSSR count). The van der Waals surface area contributed by atoms with Gasteiger partial charge < -0.3 is 4.90 Å². The minimum atomic E-state index is -3.49. The molecule has 2 bridgehead atoms. The highest BCUT2D eigenvalue weighted by Crippen LogP contribution is 2.32. The SMILES string of the molecule is Cc1cc(C=CC(=O)N2C3CCC2CN(Cc2ccc(F)cc2)C3)c(NS(C)(=O)=O)cc1Cl. The molecule has 2 saturated heterocycles. The topological polar surface area (TPSA) is 69.7 Å². The molecule has 0 saturated carbocycles. The van der Waals surface area contributed by atoms with Crippen LogP contribution in [0.2, 0.25) is 5.02 Å². The van der Waals surface area contributed by atoms with Crippen molar-refractivity contribution < 1.29 is 17.6 Å². The molecular weight excluding hydrogens is 465 g/mol. The fourth-order valence-electron chi connectivity index (χ4n) is 4.70. The number of aryl methyl sites for hydroxylation is 1. The molecule has 0 aliphatic carbocycles. The third-order valence-corrected chi connectivity index (χ3v) is 7.16. The molecule has 9 heteroatoms. The molecule has 2 aliphatic heterocycles. The van der Waals surface area contributed by atoms with E-state index in [1.165, 1.54) is 18.2 Å². The van der Waals surface area contributed by atoms with E-state index in [0.717, 1.165) is 49.9 Å². The zero-order chi connectivity index (χ0) is 23.8. The fraction of sp³-hybridized carbons (Fsp3) is 0.375. The summed E-state index contributed by atoms with van der Waals surface area (Å²) in [6, 6.07) is 10.1. The first kappa shape index (κ1) is 23.7. The Balaban J connectivity index is 1.46. The molecule has 0 spiro atoms. The molecule has 1 amide bonds. The van der Waals surface area contributed by atoms with Gasteiger partial charge in [-0.05, 0) is 66.8 Å². The van der Waals surface area contributed by atoms with Crippen molar-refractivity contribution in [2.75, 3.05) is 24.1 Å². The zero-order valence-electron chi connectivity index (χ0n) is 18.6. The van der Waals surface area contributed by atoms with E-state index in [4.69, 9.17) is 11.6 Å². The number of piperazine rings is 1. The number of halogens is 2. The fourth-order valence-corrected chi connectivity index (χ4v) is 5.44. The number of rotatable bonds is 6. The first-order valence-electron chi connectivity index (χ1n) is 10.8. The lowest BCUT2D eigenvalue weighted by molar-refractivity contribution is -0.131. The number of anilines is 1. The van der Waals surface area contributed by atoms with Crippen LogP contribution >= 0.6 is 11.6 Å². The third-order valence-electron chi connectivity index (χ3n) is 6.16. The maximum absolute atomic E-state index is 13.2. The Morgan fingerprint density at radius 2 is 1.82 bits per heavy atom. The van der Waals surface area contributed by atoms with Gasteiger partial charge in [0, 0.05) is 42.8 Å². The highest BCUT2D eigenvalue weighted by Gasteiger charge is 2.41. The molecule has 33 heavy (non-hydrogen) atoms. The van der Waals surface area contributed by atoms with Crippen LogP contribution in [-0.4, -0.2) is 55.6 Å². The van der Waals surface area contributed by atoms with E-state index < -0.39 is 10.0 Å². The predicted molar refractivity (Wildman–Crippen MR) is 129 cm³/mol. The summed E-state index contributed by atoms with van der Waals surface area (Å²) in [7, 11) is -3.49. The zero-order valence-corrected chi connectivity index (χ0v) is 20.2. The van der Waals surface area contributed by atoms with Gasteiger partial charge in [0.15, 0.2) is 0 Å². The molecule has 2 fully saturated rings. The van der Waals surface area contributed by atoms with Gasteiger partial charge in [0.05, 0.1) is 11.9 Å². The second-order valence-electron chi connectivity index (χ2n) is 8.85. The molecule has 1 N–H and O–H groups in total. The summed E-state index contributed by atoms with van der Waals surface area (Å²) in [5, 5.41) is 0.444. The highest BCUT2D eigenvalue weighted by molar-refractivity contribution is 7.92. The summed E-state index contributed by atoms with van der Waals surface area (Å²) in [5.74, 6) is -0.325. The van der Waals surface area contributed by atoms with Gasteiger partial charge in [-0.1, -0.05) is 23.7 Å². The molecule has 2 aliphatic rings. The summed E-state index contributed by atoms with van der Waals surface area (Å²) in [5.41, 5.74) is 2.76. The van der Waals surface area contributed by atoms with Crippen LogP contribution in [-0.2, 0) is 21.4 Å². The van der Waals surface area contributed by atoms with Crippen LogP contribution in [0.15, 0.2) is 42.5 Å². The van der Waals surface area contributed by atoms with Crippen LogP contribution in [0.1, 0.15) is 29.5 Å². The lowest BCUT2D eigenvalue weighted by Crippen LogP contribution is -2.55. The summed E-state index contributed by atoms with van der Waals surface area (Å²) in [6.07, 6.45) is 6.12. The minimum absolute atomic E-state index is 0.0816. The first-order chi connectivity index (χ1) is 15.6. The van der Waals surface area contributed by atoms with Crippen molar-refractivity contribution in [2.45, 2.75) is 38.4 Å². The summed E-state index contributed by atoms with van der Waals surface area (Å²) < 4.78 is 39.1. The number of likely N-dealkylation sites (tertiary alicyclic amines) is 1. The van der Waals surface area contributed by atoms with Crippen molar-refractivity contribution in [3.05, 3.63) is 70.0 Å². The van der Waals surface area contributed by atoms with Gasteiger partial charge in [0.2, 0.25) is 15.9 Å². The number of benzene rings is 2. The molecule has 2 unspecified atom stereocenters. The largest absolute Gasteiger partial charge is 0.331 e. The molecule has 0 radical (unpaired) electrons. The Kier molecular flexibility index (Phi) is 6.79. The Hall–Kier alpha value is -2.42. The molecule has 2 atom stereocenters. The van der Waals surface area contributed by atoms with Crippen molar-refractivity contribution in [3.63, 3.8) is 0 Å². The van der Waals surface area contributed by atoms with Crippen molar-refractivity contribution in [1.29, 1.82) is 0 Å². The lowest BCUT2D eigenvalue weighted by atomic mass is 10.1. The molecular formula is C24H27ClFN3O3S. The normalized spacial score (nSPS) is 21.0. The Labute approximate surface area is 199 Å². The van der Waals surface area contributed by atoms with E-state index in [1.807, 2.05) is 11.8 Å². The van der Waals surface area contributed by atoms with Crippen LogP contribution in [0.4, 0.5) is 10.1 Å². The number of fused-ring (bicyclic) bond motifs is 2. The van der Waals surface area contributed by atoms with Gasteiger partial charge in [0.1, 0.15) is 5.82 Å². The van der Waals surface area contributed by atoms with E-state index in [2.05, 4.69) is 9.62 Å². The minimum Gasteiger partial charge on any atom is -0.331 e. The Bertz CT molecular complexity index is 1170. The number of nitrogens with zero attached hydrogens (tertiary/aromatic N) is 2. The van der Waals surface area contributed by atoms with Crippen molar-refractivity contribution >= 4 is 39.3 Å².